The van der Waals surface area contributed by atoms with Crippen molar-refractivity contribution in [2.45, 2.75) is 0 Å². The summed E-state index contributed by atoms with van der Waals surface area (Å²) < 4.78 is 16.4. The summed E-state index contributed by atoms with van der Waals surface area (Å²) in [5.74, 6) is -0.114. The fourth-order valence-corrected chi connectivity index (χ4v) is 2.95. The van der Waals surface area contributed by atoms with Crippen LogP contribution in [0.5, 0.6) is 0 Å². The van der Waals surface area contributed by atoms with Crippen LogP contribution >= 0.6 is 43.5 Å². The van der Waals surface area contributed by atoms with E-state index < -0.39 is 0 Å². The average Bonchev–Trinajstić information content (AvgIpc) is 2.69. The number of anilines is 1. The highest BCUT2D eigenvalue weighted by Crippen LogP contribution is 2.34. The molecule has 0 bridgehead atoms. The van der Waals surface area contributed by atoms with Gasteiger partial charge in [-0.1, -0.05) is 17.7 Å². The first-order valence-corrected chi connectivity index (χ1v) is 7.53. The largest absolute Gasteiger partial charge is 0.369 e. The Bertz CT molecular complexity index is 832. The summed E-state index contributed by atoms with van der Waals surface area (Å²) in [4.78, 5) is 4.24. The van der Waals surface area contributed by atoms with Gasteiger partial charge in [-0.05, 0) is 50.1 Å². The van der Waals surface area contributed by atoms with Crippen molar-refractivity contribution in [1.29, 1.82) is 0 Å². The SMILES string of the molecule is Nc1nc2cc(Br)c(F)cc2n1-c1cccc(Cl)c1Br. The summed E-state index contributed by atoms with van der Waals surface area (Å²) in [6.45, 7) is 0. The third-order valence-corrected chi connectivity index (χ3v) is 4.88. The number of hydrogen-bond acceptors (Lipinski definition) is 2. The molecule has 3 nitrogen and oxygen atoms in total. The zero-order chi connectivity index (χ0) is 14.4. The molecule has 0 saturated heterocycles. The van der Waals surface area contributed by atoms with E-state index in [0.29, 0.717) is 30.7 Å². The molecule has 0 aliphatic heterocycles. The molecule has 20 heavy (non-hydrogen) atoms. The number of halogens is 4. The van der Waals surface area contributed by atoms with Crippen LogP contribution in [0, 0.1) is 5.82 Å². The maximum absolute atomic E-state index is 13.8. The zero-order valence-corrected chi connectivity index (χ0v) is 13.8. The van der Waals surface area contributed by atoms with Crippen LogP contribution in [0.2, 0.25) is 5.02 Å². The minimum atomic E-state index is -0.378. The summed E-state index contributed by atoms with van der Waals surface area (Å²) in [6.07, 6.45) is 0. The number of nitrogen functional groups attached to an aromatic ring is 1. The van der Waals surface area contributed by atoms with Gasteiger partial charge in [0.2, 0.25) is 5.95 Å². The van der Waals surface area contributed by atoms with E-state index in [-0.39, 0.29) is 11.8 Å². The number of rotatable bonds is 1. The molecule has 0 aliphatic carbocycles. The second-order valence-electron chi connectivity index (χ2n) is 4.13. The molecule has 3 rings (SSSR count). The Labute approximate surface area is 135 Å². The molecule has 2 aromatic carbocycles. The van der Waals surface area contributed by atoms with Crippen molar-refractivity contribution in [3.8, 4) is 5.69 Å². The van der Waals surface area contributed by atoms with E-state index in [1.165, 1.54) is 6.07 Å². The van der Waals surface area contributed by atoms with Crippen LogP contribution in [0.15, 0.2) is 39.3 Å². The molecule has 102 valence electrons. The normalized spacial score (nSPS) is 11.2. The van der Waals surface area contributed by atoms with Crippen LogP contribution < -0.4 is 5.73 Å². The molecule has 1 heterocycles. The number of nitrogens with two attached hydrogens (primary N) is 1. The first-order valence-electron chi connectivity index (χ1n) is 5.56. The second kappa shape index (κ2) is 5.02. The second-order valence-corrected chi connectivity index (χ2v) is 6.19. The van der Waals surface area contributed by atoms with E-state index in [1.807, 2.05) is 6.07 Å². The van der Waals surface area contributed by atoms with Crippen molar-refractivity contribution in [3.63, 3.8) is 0 Å². The molecule has 0 atom stereocenters. The zero-order valence-electron chi connectivity index (χ0n) is 9.87. The van der Waals surface area contributed by atoms with Gasteiger partial charge < -0.3 is 5.73 Å². The van der Waals surface area contributed by atoms with Crippen LogP contribution in [0.1, 0.15) is 0 Å². The number of hydrogen-bond donors (Lipinski definition) is 1. The van der Waals surface area contributed by atoms with Crippen molar-refractivity contribution >= 4 is 60.4 Å². The highest BCUT2D eigenvalue weighted by molar-refractivity contribution is 9.11. The fraction of sp³-hybridized carbons (Fsp3) is 0. The van der Waals surface area contributed by atoms with E-state index in [9.17, 15) is 4.39 Å². The van der Waals surface area contributed by atoms with E-state index in [4.69, 9.17) is 17.3 Å². The number of fused-ring (bicyclic) bond motifs is 1. The van der Waals surface area contributed by atoms with Crippen LogP contribution in [-0.4, -0.2) is 9.55 Å². The molecule has 7 heteroatoms. The minimum absolute atomic E-state index is 0.264. The third kappa shape index (κ3) is 2.12. The van der Waals surface area contributed by atoms with Crippen LogP contribution in [0.25, 0.3) is 16.7 Å². The van der Waals surface area contributed by atoms with E-state index in [2.05, 4.69) is 36.8 Å². The average molecular weight is 419 g/mol. The number of benzene rings is 2. The lowest BCUT2D eigenvalue weighted by atomic mass is 10.2. The predicted octanol–water partition coefficient (Wildman–Crippen LogP) is 4.93. The van der Waals surface area contributed by atoms with Gasteiger partial charge in [-0.2, -0.15) is 0 Å². The lowest BCUT2D eigenvalue weighted by Gasteiger charge is -2.10. The third-order valence-electron chi connectivity index (χ3n) is 2.89. The maximum Gasteiger partial charge on any atom is 0.205 e. The van der Waals surface area contributed by atoms with Crippen molar-refractivity contribution < 1.29 is 4.39 Å². The fourth-order valence-electron chi connectivity index (χ4n) is 2.01. The van der Waals surface area contributed by atoms with Crippen LogP contribution in [-0.2, 0) is 0 Å². The highest BCUT2D eigenvalue weighted by atomic mass is 79.9. The number of imidazole rings is 1. The predicted molar refractivity (Wildman–Crippen MR) is 85.9 cm³/mol. The minimum Gasteiger partial charge on any atom is -0.369 e. The molecule has 3 aromatic rings. The van der Waals surface area contributed by atoms with Gasteiger partial charge in [-0.3, -0.25) is 4.57 Å². The smallest absolute Gasteiger partial charge is 0.205 e. The number of nitrogens with zero attached hydrogens (tertiary/aromatic N) is 2. The van der Waals surface area contributed by atoms with Gasteiger partial charge in [0, 0.05) is 6.07 Å². The first-order chi connectivity index (χ1) is 9.49. The maximum atomic E-state index is 13.8. The summed E-state index contributed by atoms with van der Waals surface area (Å²) in [5, 5.41) is 0.543. The summed E-state index contributed by atoms with van der Waals surface area (Å²) in [7, 11) is 0. The van der Waals surface area contributed by atoms with Gasteiger partial charge in [-0.25, -0.2) is 9.37 Å². The van der Waals surface area contributed by atoms with E-state index >= 15 is 0 Å². The molecule has 1 aromatic heterocycles. The van der Waals surface area contributed by atoms with Gasteiger partial charge in [-0.15, -0.1) is 0 Å². The standard InChI is InChI=1S/C13H7Br2ClFN3/c14-6-4-9-11(5-8(6)17)20(13(18)19-9)10-3-1-2-7(16)12(10)15/h1-5H,(H2,18,19). The van der Waals surface area contributed by atoms with E-state index in [0.717, 1.165) is 0 Å². The summed E-state index contributed by atoms with van der Waals surface area (Å²) >= 11 is 12.6. The van der Waals surface area contributed by atoms with Gasteiger partial charge in [0.15, 0.2) is 0 Å². The first kappa shape index (κ1) is 13.9. The molecule has 0 unspecified atom stereocenters. The van der Waals surface area contributed by atoms with Crippen molar-refractivity contribution in [3.05, 3.63) is 50.1 Å². The molecule has 2 N–H and O–H groups in total. The molecule has 0 spiro atoms. The van der Waals surface area contributed by atoms with Gasteiger partial charge in [0.1, 0.15) is 5.82 Å². The van der Waals surface area contributed by atoms with Crippen molar-refractivity contribution in [1.82, 2.24) is 9.55 Å². The highest BCUT2D eigenvalue weighted by Gasteiger charge is 2.15. The monoisotopic (exact) mass is 417 g/mol. The Balaban J connectivity index is 2.39. The molecular weight excluding hydrogens is 412 g/mol. The molecule has 0 saturated carbocycles. The Morgan fingerprint density at radius 1 is 1.25 bits per heavy atom. The van der Waals surface area contributed by atoms with Crippen LogP contribution in [0.4, 0.5) is 10.3 Å². The molecule has 0 fully saturated rings. The van der Waals surface area contributed by atoms with Gasteiger partial charge >= 0.3 is 0 Å². The molecule has 0 radical (unpaired) electrons. The van der Waals surface area contributed by atoms with Gasteiger partial charge in [0.05, 0.1) is 30.7 Å². The van der Waals surface area contributed by atoms with Crippen molar-refractivity contribution in [2.75, 3.05) is 5.73 Å². The quantitative estimate of drug-likeness (QED) is 0.608. The lowest BCUT2D eigenvalue weighted by molar-refractivity contribution is 0.622. The Morgan fingerprint density at radius 2 is 2.00 bits per heavy atom. The van der Waals surface area contributed by atoms with Crippen molar-refractivity contribution in [2.24, 2.45) is 0 Å². The number of aromatic nitrogens is 2. The summed E-state index contributed by atoms with van der Waals surface area (Å²) in [6, 6.07) is 8.35. The molecule has 0 aliphatic rings. The van der Waals surface area contributed by atoms with Crippen LogP contribution in [0.3, 0.4) is 0 Å². The Morgan fingerprint density at radius 3 is 2.75 bits per heavy atom. The Hall–Kier alpha value is -1.11. The topological polar surface area (TPSA) is 43.8 Å². The van der Waals surface area contributed by atoms with Gasteiger partial charge in [0.25, 0.3) is 0 Å². The van der Waals surface area contributed by atoms with E-state index in [1.54, 1.807) is 22.8 Å². The summed E-state index contributed by atoms with van der Waals surface area (Å²) in [5.41, 5.74) is 7.84. The molecule has 0 amide bonds. The Kier molecular flexibility index (Phi) is 3.48. The molecular formula is C13H7Br2ClFN3. The lowest BCUT2D eigenvalue weighted by Crippen LogP contribution is -2.01.